The van der Waals surface area contributed by atoms with Gasteiger partial charge in [0, 0.05) is 31.7 Å². The Bertz CT molecular complexity index is 545. The van der Waals surface area contributed by atoms with Gasteiger partial charge < -0.3 is 74.4 Å². The van der Waals surface area contributed by atoms with Gasteiger partial charge in [0.25, 0.3) is 0 Å². The third kappa shape index (κ3) is 16.2. The minimum absolute atomic E-state index is 0. The summed E-state index contributed by atoms with van der Waals surface area (Å²) in [6.45, 7) is 10.9. The van der Waals surface area contributed by atoms with Crippen molar-refractivity contribution in [1.29, 1.82) is 0 Å². The summed E-state index contributed by atoms with van der Waals surface area (Å²) in [6, 6.07) is 7.16. The molecule has 1 aromatic rings. The Morgan fingerprint density at radius 2 is 1.35 bits per heavy atom. The molecule has 1 aliphatic heterocycles. The van der Waals surface area contributed by atoms with E-state index in [0.717, 1.165) is 70.9 Å². The number of carboxylic acids is 1. The number of rotatable bonds is 4. The molecule has 1 aromatic carbocycles. The number of halogens is 3. The van der Waals surface area contributed by atoms with E-state index in [1.165, 1.54) is 0 Å². The van der Waals surface area contributed by atoms with E-state index in [2.05, 4.69) is 33.5 Å². The van der Waals surface area contributed by atoms with Crippen molar-refractivity contribution in [3.63, 3.8) is 0 Å². The Morgan fingerprint density at radius 3 is 1.81 bits per heavy atom. The molecule has 9 N–H and O–H groups in total. The number of carbonyl (C=O) groups is 1. The van der Waals surface area contributed by atoms with Crippen molar-refractivity contribution in [3.05, 3.63) is 35.4 Å². The number of carboxylic acid groups (broad SMARTS) is 1. The van der Waals surface area contributed by atoms with Crippen molar-refractivity contribution in [3.8, 4) is 0 Å². The second-order valence-corrected chi connectivity index (χ2v) is 7.27. The van der Waals surface area contributed by atoms with Crippen LogP contribution in [0.25, 0.3) is 0 Å². The van der Waals surface area contributed by atoms with Gasteiger partial charge in [-0.2, -0.15) is 0 Å². The van der Waals surface area contributed by atoms with E-state index >= 15 is 0 Å². The first-order valence-corrected chi connectivity index (χ1v) is 9.59. The smallest absolute Gasteiger partial charge is 1.00 e. The Labute approximate surface area is 214 Å². The zero-order valence-electron chi connectivity index (χ0n) is 17.7. The molecule has 0 bridgehead atoms. The minimum atomic E-state index is -0.880. The molecule has 1 radical (unpaired) electrons. The molecule has 187 valence electrons. The van der Waals surface area contributed by atoms with E-state index in [9.17, 15) is 4.79 Å². The Kier molecular flexibility index (Phi) is 26.7. The van der Waals surface area contributed by atoms with Crippen molar-refractivity contribution in [2.24, 2.45) is 0 Å². The molecule has 0 aromatic heterocycles. The standard InChI is InChI=1S/C19H33N5O2.3ClH.Cu.H2O/c1-19(24-13-16-3-5-17(6-4-16)18(25)26)14-22-11-9-20-7-2-8-21-10-12-23-15-19;;;;;/h3-6,20-24H,2,7-15H2,1H3,(H,25,26);3*1H;;1H2/q;;;;+2;/p-2. The number of hydrogen-bond donors (Lipinski definition) is 6. The van der Waals surface area contributed by atoms with Gasteiger partial charge in [-0.1, -0.05) is 12.1 Å². The monoisotopic (exact) mass is 550 g/mol. The Balaban J connectivity index is -0.000000729. The predicted molar refractivity (Wildman–Crippen MR) is 107 cm³/mol. The summed E-state index contributed by atoms with van der Waals surface area (Å²) in [7, 11) is 0. The molecule has 0 amide bonds. The van der Waals surface area contributed by atoms with Gasteiger partial charge in [-0.15, -0.1) is 0 Å². The van der Waals surface area contributed by atoms with E-state index in [4.69, 9.17) is 5.11 Å². The van der Waals surface area contributed by atoms with Gasteiger partial charge in [-0.05, 0) is 38.6 Å². The quantitative estimate of drug-likeness (QED) is 0.206. The van der Waals surface area contributed by atoms with E-state index in [1.54, 1.807) is 12.1 Å². The number of nitrogens with one attached hydrogen (secondary N) is 4. The second kappa shape index (κ2) is 21.7. The Morgan fingerprint density at radius 1 is 0.903 bits per heavy atom. The number of quaternary nitrogens is 1. The predicted octanol–water partition coefficient (Wildman–Crippen LogP) is -10.8. The van der Waals surface area contributed by atoms with Gasteiger partial charge in [0.2, 0.25) is 0 Å². The molecule has 0 aliphatic carbocycles. The van der Waals surface area contributed by atoms with Crippen LogP contribution in [-0.4, -0.2) is 74.4 Å². The van der Waals surface area contributed by atoms with Crippen LogP contribution in [0.1, 0.15) is 29.3 Å². The maximum absolute atomic E-state index is 11.0. The van der Waals surface area contributed by atoms with Gasteiger partial charge in [0.1, 0.15) is 12.1 Å². The van der Waals surface area contributed by atoms with Crippen molar-refractivity contribution >= 4 is 5.97 Å². The fourth-order valence-electron chi connectivity index (χ4n) is 3.04. The maximum atomic E-state index is 11.0. The van der Waals surface area contributed by atoms with E-state index < -0.39 is 5.97 Å². The Hall–Kier alpha value is -0.161. The van der Waals surface area contributed by atoms with Crippen LogP contribution in [0.15, 0.2) is 24.3 Å². The summed E-state index contributed by atoms with van der Waals surface area (Å²) >= 11 is 0. The van der Waals surface area contributed by atoms with E-state index in [0.29, 0.717) is 5.56 Å². The molecule has 1 fully saturated rings. The van der Waals surface area contributed by atoms with Crippen molar-refractivity contribution in [1.82, 2.24) is 21.3 Å². The van der Waals surface area contributed by atoms with E-state index in [-0.39, 0.29) is 65.3 Å². The number of nitrogens with two attached hydrogens (primary N) is 1. The fraction of sp³-hybridized carbons (Fsp3) is 0.632. The first-order chi connectivity index (χ1) is 12.6. The first kappa shape index (κ1) is 38.1. The maximum Gasteiger partial charge on any atom is 2.00 e. The molecule has 0 atom stereocenters. The summed E-state index contributed by atoms with van der Waals surface area (Å²) in [5.41, 5.74) is 1.51. The molecule has 31 heavy (non-hydrogen) atoms. The SMILES string of the molecule is CC1([NH2+]Cc2ccc(C(=O)O)cc2)CNCCNCCCNCCNC1.O.[Cl-].[Cl-].[Cl-].[Cu+2]. The fourth-order valence-corrected chi connectivity index (χ4v) is 3.04. The third-order valence-electron chi connectivity index (χ3n) is 4.75. The van der Waals surface area contributed by atoms with Gasteiger partial charge in [0.05, 0.1) is 18.7 Å². The molecule has 12 heteroatoms. The van der Waals surface area contributed by atoms with Crippen LogP contribution in [0.4, 0.5) is 0 Å². The summed E-state index contributed by atoms with van der Waals surface area (Å²) in [4.78, 5) is 11.0. The largest absolute Gasteiger partial charge is 2.00 e. The topological polar surface area (TPSA) is 134 Å². The summed E-state index contributed by atoms with van der Waals surface area (Å²) < 4.78 is 0. The molecule has 0 spiro atoms. The van der Waals surface area contributed by atoms with Gasteiger partial charge in [-0.3, -0.25) is 0 Å². The summed E-state index contributed by atoms with van der Waals surface area (Å²) in [5, 5.41) is 25.4. The van der Waals surface area contributed by atoms with Crippen molar-refractivity contribution < 1.29 is 75.0 Å². The van der Waals surface area contributed by atoms with Gasteiger partial charge in [-0.25, -0.2) is 4.79 Å². The van der Waals surface area contributed by atoms with Crippen LogP contribution in [0.3, 0.4) is 0 Å². The number of benzene rings is 1. The molecule has 1 aliphatic rings. The average molecular weight is 552 g/mol. The van der Waals surface area contributed by atoms with Crippen molar-refractivity contribution in [2.45, 2.75) is 25.4 Å². The van der Waals surface area contributed by atoms with E-state index in [1.807, 2.05) is 12.1 Å². The molecule has 0 unspecified atom stereocenters. The van der Waals surface area contributed by atoms with Crippen LogP contribution in [0.5, 0.6) is 0 Å². The van der Waals surface area contributed by atoms with Crippen LogP contribution >= 0.6 is 0 Å². The third-order valence-corrected chi connectivity index (χ3v) is 4.75. The molecule has 2 rings (SSSR count). The molecular formula is C19H36Cl3CuN5O3. The first-order valence-electron chi connectivity index (χ1n) is 9.59. The van der Waals surface area contributed by atoms with Crippen molar-refractivity contribution in [2.75, 3.05) is 52.4 Å². The molecule has 8 nitrogen and oxygen atoms in total. The normalized spacial score (nSPS) is 16.9. The number of hydrogen-bond acceptors (Lipinski definition) is 5. The molecule has 0 saturated carbocycles. The van der Waals surface area contributed by atoms with Gasteiger partial charge in [0.15, 0.2) is 0 Å². The molecule has 1 saturated heterocycles. The molecular weight excluding hydrogens is 516 g/mol. The van der Waals surface area contributed by atoms with Crippen LogP contribution in [-0.2, 0) is 23.6 Å². The average Bonchev–Trinajstić information content (AvgIpc) is 2.64. The summed E-state index contributed by atoms with van der Waals surface area (Å²) in [6.07, 6.45) is 1.16. The summed E-state index contributed by atoms with van der Waals surface area (Å²) in [5.74, 6) is -0.880. The van der Waals surface area contributed by atoms with Crippen LogP contribution < -0.4 is 63.8 Å². The zero-order chi connectivity index (χ0) is 18.7. The zero-order valence-corrected chi connectivity index (χ0v) is 21.0. The van der Waals surface area contributed by atoms with Gasteiger partial charge >= 0.3 is 23.0 Å². The van der Waals surface area contributed by atoms with Crippen LogP contribution in [0, 0.1) is 0 Å². The molecule has 1 heterocycles. The van der Waals surface area contributed by atoms with Crippen LogP contribution in [0.2, 0.25) is 0 Å². The minimum Gasteiger partial charge on any atom is -1.00 e. The second-order valence-electron chi connectivity index (χ2n) is 7.27. The number of aromatic carboxylic acids is 1.